The number of rotatable bonds is 3. The molecule has 1 amide bonds. The number of carbonyl (C=O) groups is 1. The van der Waals surface area contributed by atoms with Crippen molar-refractivity contribution in [3.63, 3.8) is 0 Å². The highest BCUT2D eigenvalue weighted by atomic mass is 19.3. The van der Waals surface area contributed by atoms with Crippen LogP contribution in [0, 0.1) is 17.5 Å². The van der Waals surface area contributed by atoms with Crippen LogP contribution in [0.15, 0.2) is 48.7 Å². The van der Waals surface area contributed by atoms with Crippen LogP contribution in [-0.4, -0.2) is 32.1 Å². The van der Waals surface area contributed by atoms with E-state index < -0.39 is 30.0 Å². The minimum atomic E-state index is -3.11. The lowest BCUT2D eigenvalue weighted by Crippen LogP contribution is -2.38. The summed E-state index contributed by atoms with van der Waals surface area (Å²) in [6, 6.07) is 9.31. The van der Waals surface area contributed by atoms with Crippen molar-refractivity contribution in [3.05, 3.63) is 82.9 Å². The number of benzene rings is 2. The van der Waals surface area contributed by atoms with Crippen molar-refractivity contribution in [3.8, 4) is 11.3 Å². The van der Waals surface area contributed by atoms with Gasteiger partial charge in [-0.25, -0.2) is 17.9 Å². The molecule has 3 heterocycles. The second-order valence-corrected chi connectivity index (χ2v) is 8.02. The lowest BCUT2D eigenvalue weighted by atomic mass is 9.94. The highest BCUT2D eigenvalue weighted by molar-refractivity contribution is 5.98. The Balaban J connectivity index is 1.55. The Morgan fingerprint density at radius 3 is 2.53 bits per heavy atom. The van der Waals surface area contributed by atoms with Crippen LogP contribution in [0.2, 0.25) is 0 Å². The first-order valence-corrected chi connectivity index (χ1v) is 10.5. The molecule has 174 valence electrons. The van der Waals surface area contributed by atoms with Crippen LogP contribution >= 0.6 is 0 Å². The predicted molar refractivity (Wildman–Crippen MR) is 114 cm³/mol. The summed E-state index contributed by atoms with van der Waals surface area (Å²) in [6.45, 7) is -1.29. The average molecular weight is 472 g/mol. The summed E-state index contributed by atoms with van der Waals surface area (Å²) in [5.74, 6) is -4.97. The molecule has 0 unspecified atom stereocenters. The SMILES string of the molecule is C[C@@H]1c2nn(C(F)F)c(-c3cc(F)c(F)c(F)c3)c2CCN1C(=O)c1ccc2ncccc2c1. The van der Waals surface area contributed by atoms with Crippen molar-refractivity contribution in [2.75, 3.05) is 6.54 Å². The monoisotopic (exact) mass is 472 g/mol. The topological polar surface area (TPSA) is 51.0 Å². The van der Waals surface area contributed by atoms with Crippen molar-refractivity contribution >= 4 is 16.8 Å². The van der Waals surface area contributed by atoms with E-state index in [1.54, 1.807) is 37.4 Å². The van der Waals surface area contributed by atoms with Crippen molar-refractivity contribution in [2.24, 2.45) is 0 Å². The number of hydrogen-bond acceptors (Lipinski definition) is 3. The Hall–Kier alpha value is -3.82. The first kappa shape index (κ1) is 22.0. The van der Waals surface area contributed by atoms with Gasteiger partial charge in [-0.15, -0.1) is 0 Å². The Labute approximate surface area is 190 Å². The van der Waals surface area contributed by atoms with Gasteiger partial charge in [-0.1, -0.05) is 6.07 Å². The van der Waals surface area contributed by atoms with Crippen molar-refractivity contribution in [1.82, 2.24) is 19.7 Å². The molecule has 34 heavy (non-hydrogen) atoms. The summed E-state index contributed by atoms with van der Waals surface area (Å²) < 4.78 is 69.2. The van der Waals surface area contributed by atoms with Gasteiger partial charge < -0.3 is 4.90 Å². The van der Waals surface area contributed by atoms with Crippen LogP contribution in [0.4, 0.5) is 22.0 Å². The van der Waals surface area contributed by atoms with Crippen molar-refractivity contribution < 1.29 is 26.7 Å². The number of hydrogen-bond donors (Lipinski definition) is 0. The molecule has 0 saturated carbocycles. The van der Waals surface area contributed by atoms with Gasteiger partial charge in [0.2, 0.25) is 0 Å². The fourth-order valence-electron chi connectivity index (χ4n) is 4.43. The molecule has 0 aliphatic carbocycles. The highest BCUT2D eigenvalue weighted by Gasteiger charge is 2.35. The van der Waals surface area contributed by atoms with Gasteiger partial charge in [0.1, 0.15) is 0 Å². The number of nitrogens with zero attached hydrogens (tertiary/aromatic N) is 4. The third kappa shape index (κ3) is 3.49. The molecule has 0 radical (unpaired) electrons. The fraction of sp³-hybridized carbons (Fsp3) is 0.208. The maximum atomic E-state index is 13.9. The van der Waals surface area contributed by atoms with E-state index >= 15 is 0 Å². The Kier molecular flexibility index (Phi) is 5.30. The van der Waals surface area contributed by atoms with Gasteiger partial charge in [0, 0.05) is 34.8 Å². The summed E-state index contributed by atoms with van der Waals surface area (Å²) >= 11 is 0. The Morgan fingerprint density at radius 2 is 1.82 bits per heavy atom. The molecule has 0 bridgehead atoms. The van der Waals surface area contributed by atoms with E-state index in [1.807, 2.05) is 6.07 Å². The van der Waals surface area contributed by atoms with E-state index in [9.17, 15) is 26.7 Å². The molecule has 0 saturated heterocycles. The van der Waals surface area contributed by atoms with Crippen LogP contribution in [0.3, 0.4) is 0 Å². The zero-order chi connectivity index (χ0) is 24.1. The lowest BCUT2D eigenvalue weighted by Gasteiger charge is -2.33. The molecular weight excluding hydrogens is 455 g/mol. The summed E-state index contributed by atoms with van der Waals surface area (Å²) in [7, 11) is 0. The molecule has 5 nitrogen and oxygen atoms in total. The van der Waals surface area contributed by atoms with Gasteiger partial charge in [0.15, 0.2) is 17.5 Å². The molecular formula is C24H17F5N4O. The zero-order valence-corrected chi connectivity index (χ0v) is 17.8. The first-order valence-electron chi connectivity index (χ1n) is 10.5. The van der Waals surface area contributed by atoms with Crippen molar-refractivity contribution in [1.29, 1.82) is 0 Å². The van der Waals surface area contributed by atoms with E-state index in [4.69, 9.17) is 0 Å². The quantitative estimate of drug-likeness (QED) is 0.285. The summed E-state index contributed by atoms with van der Waals surface area (Å²) in [6.07, 6.45) is 1.77. The number of amides is 1. The van der Waals surface area contributed by atoms with Gasteiger partial charge in [-0.05, 0) is 49.7 Å². The zero-order valence-electron chi connectivity index (χ0n) is 17.8. The van der Waals surface area contributed by atoms with Crippen LogP contribution < -0.4 is 0 Å². The van der Waals surface area contributed by atoms with E-state index in [0.29, 0.717) is 27.9 Å². The minimum absolute atomic E-state index is 0.128. The Morgan fingerprint density at radius 1 is 1.09 bits per heavy atom. The van der Waals surface area contributed by atoms with Gasteiger partial charge in [-0.2, -0.15) is 13.9 Å². The Bertz CT molecular complexity index is 1410. The third-order valence-electron chi connectivity index (χ3n) is 6.06. The van der Waals surface area contributed by atoms with E-state index in [0.717, 1.165) is 10.9 Å². The molecule has 0 spiro atoms. The smallest absolute Gasteiger partial charge is 0.330 e. The molecule has 0 fully saturated rings. The average Bonchev–Trinajstić information content (AvgIpc) is 3.23. The normalized spacial score (nSPS) is 15.7. The molecule has 2 aromatic carbocycles. The molecule has 1 aliphatic heterocycles. The predicted octanol–water partition coefficient (Wildman–Crippen LogP) is 5.67. The highest BCUT2D eigenvalue weighted by Crippen LogP contribution is 2.39. The van der Waals surface area contributed by atoms with E-state index in [1.165, 1.54) is 4.90 Å². The largest absolute Gasteiger partial charge is 0.333 e. The standard InChI is InChI=1S/C24H17F5N4O/c1-12-21-16(22(33(31-21)24(28)29)15-10-17(25)20(27)18(26)11-15)6-8-32(12)23(34)14-4-5-19-13(9-14)3-2-7-30-19/h2-5,7,9-12,24H,6,8H2,1H3/t12-/m1/s1. The molecule has 1 aliphatic rings. The van der Waals surface area contributed by atoms with Crippen LogP contribution in [0.5, 0.6) is 0 Å². The number of halogens is 5. The number of aromatic nitrogens is 3. The third-order valence-corrected chi connectivity index (χ3v) is 6.06. The van der Waals surface area contributed by atoms with Gasteiger partial charge >= 0.3 is 6.55 Å². The molecule has 0 N–H and O–H groups in total. The van der Waals surface area contributed by atoms with E-state index in [2.05, 4.69) is 10.1 Å². The second-order valence-electron chi connectivity index (χ2n) is 8.02. The summed E-state index contributed by atoms with van der Waals surface area (Å²) in [4.78, 5) is 19.0. The maximum absolute atomic E-state index is 13.9. The van der Waals surface area contributed by atoms with E-state index in [-0.39, 0.29) is 35.8 Å². The minimum Gasteiger partial charge on any atom is -0.330 e. The summed E-state index contributed by atoms with van der Waals surface area (Å²) in [5, 5.41) is 4.77. The lowest BCUT2D eigenvalue weighted by molar-refractivity contribution is 0.0567. The van der Waals surface area contributed by atoms with Gasteiger partial charge in [0.05, 0.1) is 22.9 Å². The maximum Gasteiger partial charge on any atom is 0.333 e. The van der Waals surface area contributed by atoms with Gasteiger partial charge in [-0.3, -0.25) is 9.78 Å². The van der Waals surface area contributed by atoms with Crippen LogP contribution in [-0.2, 0) is 6.42 Å². The first-order chi connectivity index (χ1) is 16.3. The molecule has 4 aromatic rings. The molecule has 2 aromatic heterocycles. The fourth-order valence-corrected chi connectivity index (χ4v) is 4.43. The number of pyridine rings is 1. The molecule has 10 heteroatoms. The van der Waals surface area contributed by atoms with Crippen LogP contribution in [0.1, 0.15) is 41.1 Å². The number of fused-ring (bicyclic) bond motifs is 2. The number of carbonyl (C=O) groups excluding carboxylic acids is 1. The molecule has 5 rings (SSSR count). The second kappa shape index (κ2) is 8.19. The van der Waals surface area contributed by atoms with Crippen molar-refractivity contribution in [2.45, 2.75) is 25.9 Å². The number of alkyl halides is 2. The van der Waals surface area contributed by atoms with Crippen LogP contribution in [0.25, 0.3) is 22.2 Å². The molecule has 1 atom stereocenters. The summed E-state index contributed by atoms with van der Waals surface area (Å²) in [5.41, 5.74) is 1.23. The van der Waals surface area contributed by atoms with Gasteiger partial charge in [0.25, 0.3) is 5.91 Å².